The molecule has 1 aromatic rings. The van der Waals surface area contributed by atoms with E-state index < -0.39 is 0 Å². The van der Waals surface area contributed by atoms with Crippen molar-refractivity contribution in [3.05, 3.63) is 34.9 Å². The summed E-state index contributed by atoms with van der Waals surface area (Å²) in [6, 6.07) is 7.89. The zero-order chi connectivity index (χ0) is 12.2. The highest BCUT2D eigenvalue weighted by atomic mass is 35.5. The largest absolute Gasteiger partial charge is 0.329 e. The minimum Gasteiger partial charge on any atom is -0.329 e. The fourth-order valence-electron chi connectivity index (χ4n) is 1.42. The maximum atomic E-state index is 5.84. The van der Waals surface area contributed by atoms with Crippen LogP contribution in [-0.4, -0.2) is 12.1 Å². The van der Waals surface area contributed by atoms with Gasteiger partial charge in [-0.05, 0) is 30.5 Å². The third-order valence-corrected chi connectivity index (χ3v) is 3.56. The maximum Gasteiger partial charge on any atom is 0.0406 e. The van der Waals surface area contributed by atoms with Gasteiger partial charge in [0.05, 0.1) is 0 Å². The molecule has 0 fully saturated rings. The van der Waals surface area contributed by atoms with Crippen molar-refractivity contribution in [1.82, 2.24) is 5.32 Å². The van der Waals surface area contributed by atoms with Crippen molar-refractivity contribution in [2.24, 2.45) is 11.7 Å². The second-order valence-electron chi connectivity index (χ2n) is 4.76. The molecule has 17 heavy (non-hydrogen) atoms. The Hall–Kier alpha value is -0.280. The van der Waals surface area contributed by atoms with Crippen LogP contribution in [0.4, 0.5) is 0 Å². The Morgan fingerprint density at radius 1 is 1.29 bits per heavy atom. The standard InChI is InChI=1S/C13H21ClN2.ClH/c1-10(2)13(3,9-15)16-8-11-4-6-12(14)7-5-11;/h4-7,10,16H,8-9,15H2,1-3H3;1H. The van der Waals surface area contributed by atoms with Gasteiger partial charge < -0.3 is 11.1 Å². The van der Waals surface area contributed by atoms with E-state index in [1.54, 1.807) is 0 Å². The molecule has 0 aromatic heterocycles. The summed E-state index contributed by atoms with van der Waals surface area (Å²) in [6.45, 7) is 7.98. The molecule has 2 nitrogen and oxygen atoms in total. The van der Waals surface area contributed by atoms with Gasteiger partial charge in [-0.15, -0.1) is 12.4 Å². The Balaban J connectivity index is 0.00000256. The van der Waals surface area contributed by atoms with E-state index in [-0.39, 0.29) is 17.9 Å². The zero-order valence-corrected chi connectivity index (χ0v) is 12.2. The SMILES string of the molecule is CC(C)C(C)(CN)NCc1ccc(Cl)cc1.Cl. The van der Waals surface area contributed by atoms with Crippen LogP contribution in [-0.2, 0) is 6.54 Å². The lowest BCUT2D eigenvalue weighted by Gasteiger charge is -2.33. The molecule has 4 heteroatoms. The van der Waals surface area contributed by atoms with E-state index in [1.165, 1.54) is 5.56 Å². The molecular weight excluding hydrogens is 255 g/mol. The van der Waals surface area contributed by atoms with Crippen molar-refractivity contribution >= 4 is 24.0 Å². The Morgan fingerprint density at radius 3 is 2.24 bits per heavy atom. The van der Waals surface area contributed by atoms with Crippen LogP contribution in [0.1, 0.15) is 26.3 Å². The molecule has 0 saturated heterocycles. The second-order valence-corrected chi connectivity index (χ2v) is 5.19. The molecule has 3 N–H and O–H groups in total. The predicted molar refractivity (Wildman–Crippen MR) is 77.8 cm³/mol. The normalized spacial score (nSPS) is 14.2. The molecule has 0 saturated carbocycles. The van der Waals surface area contributed by atoms with Crippen molar-refractivity contribution < 1.29 is 0 Å². The lowest BCUT2D eigenvalue weighted by atomic mass is 9.88. The van der Waals surface area contributed by atoms with E-state index in [9.17, 15) is 0 Å². The third-order valence-electron chi connectivity index (χ3n) is 3.31. The number of nitrogens with two attached hydrogens (primary N) is 1. The van der Waals surface area contributed by atoms with Crippen LogP contribution in [0.3, 0.4) is 0 Å². The summed E-state index contributed by atoms with van der Waals surface area (Å²) in [5.41, 5.74) is 7.02. The second kappa shape index (κ2) is 7.22. The third kappa shape index (κ3) is 4.84. The van der Waals surface area contributed by atoms with E-state index in [4.69, 9.17) is 17.3 Å². The average molecular weight is 277 g/mol. The van der Waals surface area contributed by atoms with Gasteiger partial charge in [0.15, 0.2) is 0 Å². The summed E-state index contributed by atoms with van der Waals surface area (Å²) in [4.78, 5) is 0. The molecule has 0 spiro atoms. The van der Waals surface area contributed by atoms with Crippen LogP contribution in [0.25, 0.3) is 0 Å². The molecule has 0 aliphatic carbocycles. The minimum atomic E-state index is -0.0142. The van der Waals surface area contributed by atoms with Gasteiger partial charge in [0.2, 0.25) is 0 Å². The highest BCUT2D eigenvalue weighted by Crippen LogP contribution is 2.16. The van der Waals surface area contributed by atoms with E-state index >= 15 is 0 Å². The highest BCUT2D eigenvalue weighted by molar-refractivity contribution is 6.30. The van der Waals surface area contributed by atoms with Gasteiger partial charge in [0, 0.05) is 23.7 Å². The summed E-state index contributed by atoms with van der Waals surface area (Å²) in [7, 11) is 0. The zero-order valence-electron chi connectivity index (χ0n) is 10.7. The summed E-state index contributed by atoms with van der Waals surface area (Å²) in [6.07, 6.45) is 0. The van der Waals surface area contributed by atoms with Crippen LogP contribution < -0.4 is 11.1 Å². The summed E-state index contributed by atoms with van der Waals surface area (Å²) < 4.78 is 0. The topological polar surface area (TPSA) is 38.0 Å². The number of halogens is 2. The van der Waals surface area contributed by atoms with Crippen LogP contribution in [0, 0.1) is 5.92 Å². The first-order valence-electron chi connectivity index (χ1n) is 5.67. The minimum absolute atomic E-state index is 0. The van der Waals surface area contributed by atoms with E-state index in [2.05, 4.69) is 26.1 Å². The van der Waals surface area contributed by atoms with Gasteiger partial charge in [-0.25, -0.2) is 0 Å². The van der Waals surface area contributed by atoms with Gasteiger partial charge in [0.25, 0.3) is 0 Å². The van der Waals surface area contributed by atoms with Crippen LogP contribution in [0.5, 0.6) is 0 Å². The Kier molecular flexibility index (Phi) is 7.10. The molecule has 1 rings (SSSR count). The van der Waals surface area contributed by atoms with Crippen molar-refractivity contribution in [3.63, 3.8) is 0 Å². The van der Waals surface area contributed by atoms with E-state index in [0.29, 0.717) is 12.5 Å². The predicted octanol–water partition coefficient (Wildman–Crippen LogP) is 3.22. The first-order valence-corrected chi connectivity index (χ1v) is 6.05. The maximum absolute atomic E-state index is 5.84. The molecule has 1 atom stereocenters. The van der Waals surface area contributed by atoms with E-state index in [1.807, 2.05) is 24.3 Å². The fourth-order valence-corrected chi connectivity index (χ4v) is 1.54. The molecule has 0 aliphatic rings. The number of hydrogen-bond acceptors (Lipinski definition) is 2. The average Bonchev–Trinajstić information content (AvgIpc) is 2.27. The van der Waals surface area contributed by atoms with Crippen molar-refractivity contribution in [2.75, 3.05) is 6.54 Å². The van der Waals surface area contributed by atoms with Gasteiger partial charge in [0.1, 0.15) is 0 Å². The molecule has 0 amide bonds. The molecule has 1 unspecified atom stereocenters. The first-order chi connectivity index (χ1) is 7.48. The number of hydrogen-bond donors (Lipinski definition) is 2. The summed E-state index contributed by atoms with van der Waals surface area (Å²) in [5, 5.41) is 4.29. The van der Waals surface area contributed by atoms with E-state index in [0.717, 1.165) is 11.6 Å². The number of rotatable bonds is 5. The summed E-state index contributed by atoms with van der Waals surface area (Å²) in [5.74, 6) is 0.504. The van der Waals surface area contributed by atoms with Crippen LogP contribution in [0.15, 0.2) is 24.3 Å². The van der Waals surface area contributed by atoms with Gasteiger partial charge in [-0.1, -0.05) is 37.6 Å². The molecule has 0 bridgehead atoms. The molecule has 98 valence electrons. The Labute approximate surface area is 115 Å². The quantitative estimate of drug-likeness (QED) is 0.867. The van der Waals surface area contributed by atoms with Crippen LogP contribution >= 0.6 is 24.0 Å². The summed E-state index contributed by atoms with van der Waals surface area (Å²) >= 11 is 5.84. The monoisotopic (exact) mass is 276 g/mol. The van der Waals surface area contributed by atoms with Gasteiger partial charge in [-0.3, -0.25) is 0 Å². The number of nitrogens with one attached hydrogen (secondary N) is 1. The van der Waals surface area contributed by atoms with Gasteiger partial charge >= 0.3 is 0 Å². The van der Waals surface area contributed by atoms with Crippen molar-refractivity contribution in [2.45, 2.75) is 32.9 Å². The van der Waals surface area contributed by atoms with Crippen molar-refractivity contribution in [3.8, 4) is 0 Å². The molecule has 1 aromatic carbocycles. The molecule has 0 radical (unpaired) electrons. The molecule has 0 aliphatic heterocycles. The van der Waals surface area contributed by atoms with Crippen molar-refractivity contribution in [1.29, 1.82) is 0 Å². The number of benzene rings is 1. The fraction of sp³-hybridized carbons (Fsp3) is 0.538. The molecule has 0 heterocycles. The lowest BCUT2D eigenvalue weighted by Crippen LogP contribution is -2.52. The van der Waals surface area contributed by atoms with Gasteiger partial charge in [-0.2, -0.15) is 0 Å². The first kappa shape index (κ1) is 16.7. The molecular formula is C13H22Cl2N2. The smallest absolute Gasteiger partial charge is 0.0406 e. The lowest BCUT2D eigenvalue weighted by molar-refractivity contribution is 0.267. The van der Waals surface area contributed by atoms with Crippen LogP contribution in [0.2, 0.25) is 5.02 Å². The highest BCUT2D eigenvalue weighted by Gasteiger charge is 2.25. The Morgan fingerprint density at radius 2 is 1.82 bits per heavy atom. The Bertz CT molecular complexity index is 325.